The van der Waals surface area contributed by atoms with E-state index in [1.165, 1.54) is 12.8 Å². The number of amides is 1. The van der Waals surface area contributed by atoms with Gasteiger partial charge in [0.05, 0.1) is 0 Å². The molecule has 2 saturated heterocycles. The maximum Gasteiger partial charge on any atom is 0.270 e. The molecule has 0 bridgehead atoms. The molecule has 3 heterocycles. The number of carbonyl (C=O) groups excluding carboxylic acids is 1. The van der Waals surface area contributed by atoms with Gasteiger partial charge in [0.1, 0.15) is 5.69 Å². The Balaban J connectivity index is 1.58. The molecule has 4 rings (SSSR count). The number of fused-ring (bicyclic) bond motifs is 2. The SMILES string of the molecule is O=C(c1cc2cc(Cl)ccc2[nH]1)N1CC2CCCNC2C1. The molecule has 5 heteroatoms. The fraction of sp³-hybridized carbons (Fsp3) is 0.438. The number of nitrogens with zero attached hydrogens (tertiary/aromatic N) is 1. The van der Waals surface area contributed by atoms with Crippen molar-refractivity contribution in [3.8, 4) is 0 Å². The molecule has 2 unspecified atom stereocenters. The number of aromatic nitrogens is 1. The van der Waals surface area contributed by atoms with Crippen LogP contribution in [0.3, 0.4) is 0 Å². The average Bonchev–Trinajstić information content (AvgIpc) is 3.09. The Bertz CT molecular complexity index is 682. The first kappa shape index (κ1) is 13.2. The molecule has 1 aromatic heterocycles. The summed E-state index contributed by atoms with van der Waals surface area (Å²) in [7, 11) is 0. The molecule has 21 heavy (non-hydrogen) atoms. The van der Waals surface area contributed by atoms with E-state index in [-0.39, 0.29) is 5.91 Å². The molecule has 4 nitrogen and oxygen atoms in total. The lowest BCUT2D eigenvalue weighted by atomic mass is 9.94. The monoisotopic (exact) mass is 303 g/mol. The molecule has 2 fully saturated rings. The molecular formula is C16H18ClN3O. The standard InChI is InChI=1S/C16H18ClN3O/c17-12-3-4-13-11(6-12)7-14(19-13)16(21)20-8-10-2-1-5-18-15(10)9-20/h3-4,6-7,10,15,18-19H,1-2,5,8-9H2. The summed E-state index contributed by atoms with van der Waals surface area (Å²) in [5.74, 6) is 0.708. The predicted octanol–water partition coefficient (Wildman–Crippen LogP) is 2.65. The van der Waals surface area contributed by atoms with Crippen LogP contribution in [0.4, 0.5) is 0 Å². The van der Waals surface area contributed by atoms with Crippen LogP contribution in [-0.2, 0) is 0 Å². The Kier molecular flexibility index (Phi) is 3.16. The Hall–Kier alpha value is -1.52. The fourth-order valence-electron chi connectivity index (χ4n) is 3.60. The second-order valence-electron chi connectivity index (χ2n) is 6.09. The molecule has 1 amide bonds. The minimum atomic E-state index is 0.0959. The van der Waals surface area contributed by atoms with Gasteiger partial charge in [0.15, 0.2) is 0 Å². The van der Waals surface area contributed by atoms with Gasteiger partial charge in [-0.2, -0.15) is 0 Å². The lowest BCUT2D eigenvalue weighted by molar-refractivity contribution is 0.0781. The molecule has 0 saturated carbocycles. The number of hydrogen-bond acceptors (Lipinski definition) is 2. The van der Waals surface area contributed by atoms with Gasteiger partial charge in [0.2, 0.25) is 0 Å². The van der Waals surface area contributed by atoms with E-state index in [4.69, 9.17) is 11.6 Å². The number of likely N-dealkylation sites (tertiary alicyclic amines) is 1. The van der Waals surface area contributed by atoms with Crippen molar-refractivity contribution >= 4 is 28.4 Å². The van der Waals surface area contributed by atoms with Crippen molar-refractivity contribution in [1.82, 2.24) is 15.2 Å². The third kappa shape index (κ3) is 2.32. The number of H-pyrrole nitrogens is 1. The summed E-state index contributed by atoms with van der Waals surface area (Å²) in [6.45, 7) is 2.76. The molecule has 0 spiro atoms. The Morgan fingerprint density at radius 3 is 3.05 bits per heavy atom. The van der Waals surface area contributed by atoms with Crippen LogP contribution < -0.4 is 5.32 Å². The zero-order chi connectivity index (χ0) is 14.4. The van der Waals surface area contributed by atoms with Gasteiger partial charge in [0.25, 0.3) is 5.91 Å². The highest BCUT2D eigenvalue weighted by molar-refractivity contribution is 6.31. The van der Waals surface area contributed by atoms with Crippen molar-refractivity contribution in [3.05, 3.63) is 35.0 Å². The van der Waals surface area contributed by atoms with Gasteiger partial charge in [-0.15, -0.1) is 0 Å². The number of benzene rings is 1. The van der Waals surface area contributed by atoms with Gasteiger partial charge < -0.3 is 15.2 Å². The minimum Gasteiger partial charge on any atom is -0.351 e. The summed E-state index contributed by atoms with van der Waals surface area (Å²) >= 11 is 6.00. The van der Waals surface area contributed by atoms with E-state index in [1.807, 2.05) is 29.2 Å². The molecular weight excluding hydrogens is 286 g/mol. The molecule has 2 N–H and O–H groups in total. The molecule has 0 radical (unpaired) electrons. The van der Waals surface area contributed by atoms with Crippen LogP contribution in [-0.4, -0.2) is 41.5 Å². The Labute approximate surface area is 128 Å². The number of aromatic amines is 1. The number of rotatable bonds is 1. The number of piperidine rings is 1. The highest BCUT2D eigenvalue weighted by Gasteiger charge is 2.36. The third-order valence-corrected chi connectivity index (χ3v) is 4.93. The third-order valence-electron chi connectivity index (χ3n) is 4.70. The van der Waals surface area contributed by atoms with Crippen LogP contribution in [0.25, 0.3) is 10.9 Å². The van der Waals surface area contributed by atoms with Crippen LogP contribution >= 0.6 is 11.6 Å². The second kappa shape index (κ2) is 5.04. The quantitative estimate of drug-likeness (QED) is 0.851. The highest BCUT2D eigenvalue weighted by Crippen LogP contribution is 2.27. The van der Waals surface area contributed by atoms with Gasteiger partial charge >= 0.3 is 0 Å². The van der Waals surface area contributed by atoms with Crippen molar-refractivity contribution in [2.45, 2.75) is 18.9 Å². The summed E-state index contributed by atoms with van der Waals surface area (Å²) in [5.41, 5.74) is 1.61. The first-order valence-corrected chi connectivity index (χ1v) is 7.89. The zero-order valence-electron chi connectivity index (χ0n) is 11.7. The van der Waals surface area contributed by atoms with Crippen molar-refractivity contribution in [3.63, 3.8) is 0 Å². The van der Waals surface area contributed by atoms with Crippen molar-refractivity contribution in [2.75, 3.05) is 19.6 Å². The summed E-state index contributed by atoms with van der Waals surface area (Å²) < 4.78 is 0. The van der Waals surface area contributed by atoms with Crippen LogP contribution in [0.2, 0.25) is 5.02 Å². The maximum absolute atomic E-state index is 12.7. The Morgan fingerprint density at radius 1 is 1.29 bits per heavy atom. The van der Waals surface area contributed by atoms with Gasteiger partial charge in [0, 0.05) is 35.1 Å². The summed E-state index contributed by atoms with van der Waals surface area (Å²) in [4.78, 5) is 17.9. The zero-order valence-corrected chi connectivity index (χ0v) is 12.5. The Morgan fingerprint density at radius 2 is 2.19 bits per heavy atom. The van der Waals surface area contributed by atoms with Crippen LogP contribution in [0.15, 0.2) is 24.3 Å². The normalized spacial score (nSPS) is 25.3. The number of carbonyl (C=O) groups is 1. The first-order chi connectivity index (χ1) is 10.2. The molecule has 110 valence electrons. The first-order valence-electron chi connectivity index (χ1n) is 7.51. The van der Waals surface area contributed by atoms with Crippen molar-refractivity contribution in [1.29, 1.82) is 0 Å². The largest absolute Gasteiger partial charge is 0.351 e. The molecule has 1 aromatic carbocycles. The smallest absolute Gasteiger partial charge is 0.270 e. The second-order valence-corrected chi connectivity index (χ2v) is 6.52. The topological polar surface area (TPSA) is 48.1 Å². The van der Waals surface area contributed by atoms with Crippen LogP contribution in [0.1, 0.15) is 23.3 Å². The van der Waals surface area contributed by atoms with E-state index < -0.39 is 0 Å². The maximum atomic E-state index is 12.7. The van der Waals surface area contributed by atoms with Gasteiger partial charge in [-0.25, -0.2) is 0 Å². The molecule has 0 aliphatic carbocycles. The molecule has 2 aliphatic heterocycles. The summed E-state index contributed by atoms with van der Waals surface area (Å²) in [6.07, 6.45) is 2.44. The molecule has 2 atom stereocenters. The molecule has 2 aromatic rings. The van der Waals surface area contributed by atoms with Gasteiger partial charge in [-0.3, -0.25) is 4.79 Å². The van der Waals surface area contributed by atoms with E-state index in [0.717, 1.165) is 30.5 Å². The van der Waals surface area contributed by atoms with E-state index in [0.29, 0.717) is 22.7 Å². The number of nitrogens with one attached hydrogen (secondary N) is 2. The highest BCUT2D eigenvalue weighted by atomic mass is 35.5. The van der Waals surface area contributed by atoms with E-state index in [2.05, 4.69) is 10.3 Å². The van der Waals surface area contributed by atoms with E-state index in [9.17, 15) is 4.79 Å². The van der Waals surface area contributed by atoms with Gasteiger partial charge in [-0.05, 0) is 49.6 Å². The van der Waals surface area contributed by atoms with Crippen LogP contribution in [0.5, 0.6) is 0 Å². The summed E-state index contributed by atoms with van der Waals surface area (Å²) in [6, 6.07) is 8.01. The fourth-order valence-corrected chi connectivity index (χ4v) is 3.78. The lowest BCUT2D eigenvalue weighted by Gasteiger charge is -2.24. The summed E-state index contributed by atoms with van der Waals surface area (Å²) in [5, 5.41) is 5.21. The minimum absolute atomic E-state index is 0.0959. The molecule has 2 aliphatic rings. The van der Waals surface area contributed by atoms with E-state index >= 15 is 0 Å². The van der Waals surface area contributed by atoms with Crippen LogP contribution in [0, 0.1) is 5.92 Å². The lowest BCUT2D eigenvalue weighted by Crippen LogP contribution is -2.41. The number of halogens is 1. The van der Waals surface area contributed by atoms with Gasteiger partial charge in [-0.1, -0.05) is 11.6 Å². The average molecular weight is 304 g/mol. The predicted molar refractivity (Wildman–Crippen MR) is 83.7 cm³/mol. The van der Waals surface area contributed by atoms with E-state index in [1.54, 1.807) is 0 Å². The van der Waals surface area contributed by atoms with Crippen molar-refractivity contribution in [2.24, 2.45) is 5.92 Å². The van der Waals surface area contributed by atoms with Crippen molar-refractivity contribution < 1.29 is 4.79 Å². The number of hydrogen-bond donors (Lipinski definition) is 2.